The summed E-state index contributed by atoms with van der Waals surface area (Å²) < 4.78 is 2.23. The monoisotopic (exact) mass is 480 g/mol. The Morgan fingerprint density at radius 2 is 1.71 bits per heavy atom. The van der Waals surface area contributed by atoms with Crippen molar-refractivity contribution < 1.29 is 0 Å². The molecule has 0 aliphatic rings. The van der Waals surface area contributed by atoms with E-state index in [1.54, 1.807) is 15.8 Å². The number of benzene rings is 1. The van der Waals surface area contributed by atoms with Crippen LogP contribution in [-0.4, -0.2) is 63.9 Å². The second kappa shape index (κ2) is 11.2. The summed E-state index contributed by atoms with van der Waals surface area (Å²) in [7, 11) is 0. The van der Waals surface area contributed by atoms with Gasteiger partial charge in [0.1, 0.15) is 0 Å². The van der Waals surface area contributed by atoms with E-state index in [9.17, 15) is 0 Å². The van der Waals surface area contributed by atoms with E-state index in [1.165, 1.54) is 37.4 Å². The molecule has 0 fully saturated rings. The van der Waals surface area contributed by atoms with E-state index >= 15 is 0 Å². The molecule has 2 radical (unpaired) electrons. The molecular weight excluding hydrogens is 447 g/mol. The third-order valence-electron chi connectivity index (χ3n) is 2.55. The van der Waals surface area contributed by atoms with Gasteiger partial charge in [0.2, 0.25) is 0 Å². The summed E-state index contributed by atoms with van der Waals surface area (Å²) in [4.78, 5) is 0. The van der Waals surface area contributed by atoms with E-state index in [0.29, 0.717) is 0 Å². The Bertz CT molecular complexity index is 266. The Morgan fingerprint density at radius 1 is 1.12 bits per heavy atom. The van der Waals surface area contributed by atoms with Gasteiger partial charge in [-0.3, -0.25) is 0 Å². The third-order valence-corrected chi connectivity index (χ3v) is 20.0. The van der Waals surface area contributed by atoms with Crippen molar-refractivity contribution in [3.63, 3.8) is 0 Å². The second-order valence-corrected chi connectivity index (χ2v) is 18.8. The minimum atomic E-state index is -0.0170. The maximum atomic E-state index is 2.49. The molecule has 0 amide bonds. The molecule has 0 N–H and O–H groups in total. The van der Waals surface area contributed by atoms with Crippen molar-refractivity contribution in [1.82, 2.24) is 0 Å². The molecule has 0 nitrogen and oxygen atoms in total. The summed E-state index contributed by atoms with van der Waals surface area (Å²) in [6.45, 7) is 4.87. The molecule has 0 spiro atoms. The summed E-state index contributed by atoms with van der Waals surface area (Å²) in [6.07, 6.45) is 0. The molecule has 0 aliphatic heterocycles. The summed E-state index contributed by atoms with van der Waals surface area (Å²) >= 11 is 2.81. The first-order valence-electron chi connectivity index (χ1n) is 6.68. The van der Waals surface area contributed by atoms with Crippen molar-refractivity contribution >= 4 is 68.3 Å². The van der Waals surface area contributed by atoms with Gasteiger partial charge in [-0.15, -0.1) is 0 Å². The third kappa shape index (κ3) is 15.3. The normalized spacial score (nSPS) is 12.1. The SMILES string of the molecule is [CH3][GeH2][CH2][CH2][GeH2][CH2][C](C)(C)[GeH2].[GeH2][c]1ccccc1. The molecule has 0 heterocycles. The average molecular weight is 475 g/mol. The van der Waals surface area contributed by atoms with Crippen LogP contribution in [0.3, 0.4) is 0 Å². The molecular formula is C13H28Ge4. The summed E-state index contributed by atoms with van der Waals surface area (Å²) in [5.74, 6) is 2.49. The maximum absolute atomic E-state index is 2.49. The molecule has 1 aromatic carbocycles. The fraction of sp³-hybridized carbons (Fsp3) is 0.538. The predicted octanol–water partition coefficient (Wildman–Crippen LogP) is 0.404. The van der Waals surface area contributed by atoms with Gasteiger partial charge in [-0.2, -0.15) is 0 Å². The molecule has 0 aromatic heterocycles. The van der Waals surface area contributed by atoms with Gasteiger partial charge in [-0.1, -0.05) is 0 Å². The first-order chi connectivity index (χ1) is 7.95. The molecule has 0 atom stereocenters. The van der Waals surface area contributed by atoms with Crippen LogP contribution in [0.15, 0.2) is 30.3 Å². The van der Waals surface area contributed by atoms with E-state index in [4.69, 9.17) is 0 Å². The van der Waals surface area contributed by atoms with Gasteiger partial charge in [-0.05, 0) is 0 Å². The van der Waals surface area contributed by atoms with Crippen molar-refractivity contribution in [2.24, 2.45) is 0 Å². The first-order valence-corrected chi connectivity index (χ1v) is 18.9. The topological polar surface area (TPSA) is 0 Å². The Labute approximate surface area is 137 Å². The summed E-state index contributed by atoms with van der Waals surface area (Å²) in [5, 5.41) is 5.07. The van der Waals surface area contributed by atoms with Crippen LogP contribution in [0.1, 0.15) is 13.8 Å². The molecule has 0 saturated heterocycles. The molecule has 1 aromatic rings. The number of rotatable bonds is 5. The Kier molecular flexibility index (Phi) is 12.2. The molecule has 4 heteroatoms. The Hall–Kier alpha value is 1.39. The van der Waals surface area contributed by atoms with Crippen LogP contribution in [-0.2, 0) is 0 Å². The van der Waals surface area contributed by atoms with Gasteiger partial charge in [0.25, 0.3) is 0 Å². The molecule has 1 rings (SSSR count). The van der Waals surface area contributed by atoms with Gasteiger partial charge in [0.05, 0.1) is 0 Å². The average Bonchev–Trinajstić information content (AvgIpc) is 2.25. The van der Waals surface area contributed by atoms with E-state index in [0.717, 1.165) is 4.25 Å². The van der Waals surface area contributed by atoms with Crippen molar-refractivity contribution in [1.29, 1.82) is 0 Å². The first kappa shape index (κ1) is 18.4. The molecule has 0 saturated carbocycles. The van der Waals surface area contributed by atoms with Crippen molar-refractivity contribution in [3.8, 4) is 0 Å². The van der Waals surface area contributed by atoms with Crippen LogP contribution >= 0.6 is 0 Å². The van der Waals surface area contributed by atoms with Gasteiger partial charge in [0.15, 0.2) is 0 Å². The van der Waals surface area contributed by atoms with E-state index < -0.39 is 0 Å². The zero-order valence-electron chi connectivity index (χ0n) is 11.8. The second-order valence-electron chi connectivity index (χ2n) is 5.46. The van der Waals surface area contributed by atoms with Crippen LogP contribution in [0.2, 0.25) is 25.8 Å². The van der Waals surface area contributed by atoms with E-state index in [2.05, 4.69) is 43.9 Å². The van der Waals surface area contributed by atoms with E-state index in [-0.39, 0.29) is 30.9 Å². The fourth-order valence-electron chi connectivity index (χ4n) is 1.51. The molecule has 0 bridgehead atoms. The van der Waals surface area contributed by atoms with Crippen LogP contribution in [0.25, 0.3) is 0 Å². The van der Waals surface area contributed by atoms with Crippen LogP contribution in [0.4, 0.5) is 0 Å². The Balaban J connectivity index is 0.000000318. The molecule has 96 valence electrons. The van der Waals surface area contributed by atoms with Crippen LogP contribution in [0.5, 0.6) is 0 Å². The molecule has 17 heavy (non-hydrogen) atoms. The van der Waals surface area contributed by atoms with Gasteiger partial charge in [-0.25, -0.2) is 0 Å². The fourth-order valence-corrected chi connectivity index (χ4v) is 18.4. The van der Waals surface area contributed by atoms with Crippen LogP contribution in [0, 0.1) is 0 Å². The van der Waals surface area contributed by atoms with Crippen LogP contribution < -0.4 is 4.40 Å². The number of hydrogen-bond acceptors (Lipinski definition) is 0. The number of hydrogen-bond donors (Lipinski definition) is 0. The molecule has 0 unspecified atom stereocenters. The van der Waals surface area contributed by atoms with Crippen molar-refractivity contribution in [3.05, 3.63) is 30.3 Å². The van der Waals surface area contributed by atoms with Gasteiger partial charge in [0, 0.05) is 0 Å². The van der Waals surface area contributed by atoms with E-state index in [1.807, 2.05) is 6.07 Å². The molecule has 0 aliphatic carbocycles. The Morgan fingerprint density at radius 3 is 2.06 bits per heavy atom. The quantitative estimate of drug-likeness (QED) is 0.428. The summed E-state index contributed by atoms with van der Waals surface area (Å²) in [5.41, 5.74) is 0. The van der Waals surface area contributed by atoms with Crippen molar-refractivity contribution in [2.45, 2.75) is 39.6 Å². The zero-order chi connectivity index (χ0) is 13.1. The predicted molar refractivity (Wildman–Crippen MR) is 94.6 cm³/mol. The van der Waals surface area contributed by atoms with Crippen molar-refractivity contribution in [2.75, 3.05) is 0 Å². The minimum absolute atomic E-state index is 0.0170. The standard InChI is InChI=1S/C7H21Ge3.C6H7Ge/c1-7(2,8)6-10-5-4-9-3;7-6-4-2-1-3-5-6/h4-6,8-10H2,1-3H3;1-5H,7H2. The summed E-state index contributed by atoms with van der Waals surface area (Å²) in [6, 6.07) is 10.5. The van der Waals surface area contributed by atoms with Gasteiger partial charge >= 0.3 is 138 Å². The zero-order valence-corrected chi connectivity index (χ0v) is 23.7. The van der Waals surface area contributed by atoms with Gasteiger partial charge < -0.3 is 0 Å².